The summed E-state index contributed by atoms with van der Waals surface area (Å²) in [4.78, 5) is 15.0. The largest absolute Gasteiger partial charge is 0.477 e. The minimum Gasteiger partial charge on any atom is -0.477 e. The molecule has 2 aromatic heterocycles. The first kappa shape index (κ1) is 19.7. The normalized spacial score (nSPS) is 17.8. The molecule has 31 heavy (non-hydrogen) atoms. The molecule has 1 aromatic carbocycles. The summed E-state index contributed by atoms with van der Waals surface area (Å²) in [5.41, 5.74) is 2.56. The lowest BCUT2D eigenvalue weighted by Gasteiger charge is -2.33. The maximum Gasteiger partial charge on any atom is 0.261 e. The predicted octanol–water partition coefficient (Wildman–Crippen LogP) is 3.24. The molecule has 0 aliphatic carbocycles. The van der Waals surface area contributed by atoms with E-state index in [0.29, 0.717) is 48.9 Å². The number of halogens is 3. The van der Waals surface area contributed by atoms with Gasteiger partial charge in [0, 0.05) is 37.7 Å². The zero-order valence-electron chi connectivity index (χ0n) is 17.0. The van der Waals surface area contributed by atoms with Gasteiger partial charge in [0.25, 0.3) is 5.91 Å². The third kappa shape index (κ3) is 3.00. The van der Waals surface area contributed by atoms with E-state index in [0.717, 1.165) is 24.1 Å². The third-order valence-corrected chi connectivity index (χ3v) is 5.93. The topological polar surface area (TPSA) is 65.2 Å². The Hall–Kier alpha value is -3.30. The molecule has 1 atom stereocenters. The van der Waals surface area contributed by atoms with Gasteiger partial charge in [-0.15, -0.1) is 0 Å². The number of hydrogen-bond acceptors (Lipinski definition) is 4. The van der Waals surface area contributed by atoms with Crippen LogP contribution >= 0.6 is 0 Å². The van der Waals surface area contributed by atoms with Gasteiger partial charge in [-0.3, -0.25) is 9.48 Å². The van der Waals surface area contributed by atoms with E-state index in [4.69, 9.17) is 4.74 Å². The van der Waals surface area contributed by atoms with Crippen molar-refractivity contribution in [3.63, 3.8) is 0 Å². The average molecular weight is 431 g/mol. The van der Waals surface area contributed by atoms with Crippen molar-refractivity contribution < 1.29 is 22.7 Å². The van der Waals surface area contributed by atoms with Crippen molar-refractivity contribution in [2.24, 2.45) is 7.05 Å². The van der Waals surface area contributed by atoms with E-state index in [9.17, 15) is 18.0 Å². The van der Waals surface area contributed by atoms with Gasteiger partial charge >= 0.3 is 0 Å². The molecule has 2 aliphatic rings. The van der Waals surface area contributed by atoms with Gasteiger partial charge in [-0.25, -0.2) is 17.9 Å². The van der Waals surface area contributed by atoms with Gasteiger partial charge in [0.2, 0.25) is 5.88 Å². The molecule has 2 aliphatic heterocycles. The Kier molecular flexibility index (Phi) is 4.53. The Morgan fingerprint density at radius 3 is 2.68 bits per heavy atom. The molecule has 0 spiro atoms. The van der Waals surface area contributed by atoms with Crippen LogP contribution in [0.3, 0.4) is 0 Å². The van der Waals surface area contributed by atoms with E-state index in [1.54, 1.807) is 16.6 Å². The number of benzene rings is 1. The smallest absolute Gasteiger partial charge is 0.261 e. The molecule has 162 valence electrons. The molecule has 0 N–H and O–H groups in total. The molecule has 0 bridgehead atoms. The van der Waals surface area contributed by atoms with Crippen LogP contribution in [0, 0.1) is 17.5 Å². The fourth-order valence-electron chi connectivity index (χ4n) is 4.45. The van der Waals surface area contributed by atoms with E-state index in [1.807, 2.05) is 6.92 Å². The minimum absolute atomic E-state index is 0.202. The number of aryl methyl sites for hydroxylation is 2. The van der Waals surface area contributed by atoms with Crippen LogP contribution in [-0.4, -0.2) is 43.5 Å². The molecule has 5 rings (SSSR count). The molecule has 0 saturated carbocycles. The molecular weight excluding hydrogens is 411 g/mol. The zero-order valence-corrected chi connectivity index (χ0v) is 17.0. The standard InChI is InChI=1S/C21H20F3N5O2/c1-11-18-13(19(27(2)26-18)12-8-15(22)17(24)16(23)9-12)4-6-28(11)20(30)14-10-25-29-5-3-7-31-21(14)29/h8-11H,3-7H2,1-2H3/t11-/m0/s1. The Labute approximate surface area is 176 Å². The fourth-order valence-corrected chi connectivity index (χ4v) is 4.45. The van der Waals surface area contributed by atoms with Crippen LogP contribution in [0.1, 0.15) is 41.0 Å². The van der Waals surface area contributed by atoms with Crippen LogP contribution in [0.5, 0.6) is 5.88 Å². The second kappa shape index (κ2) is 7.14. The molecule has 10 heteroatoms. The van der Waals surface area contributed by atoms with Gasteiger partial charge < -0.3 is 9.64 Å². The molecule has 1 amide bonds. The van der Waals surface area contributed by atoms with Crippen molar-refractivity contribution in [2.45, 2.75) is 32.4 Å². The summed E-state index contributed by atoms with van der Waals surface area (Å²) in [5.74, 6) is -3.73. The van der Waals surface area contributed by atoms with E-state index < -0.39 is 17.5 Å². The van der Waals surface area contributed by atoms with E-state index in [-0.39, 0.29) is 17.5 Å². The van der Waals surface area contributed by atoms with Gasteiger partial charge in [-0.1, -0.05) is 0 Å². The van der Waals surface area contributed by atoms with Crippen molar-refractivity contribution in [2.75, 3.05) is 13.2 Å². The van der Waals surface area contributed by atoms with Crippen molar-refractivity contribution in [1.29, 1.82) is 0 Å². The van der Waals surface area contributed by atoms with Crippen LogP contribution in [0.4, 0.5) is 13.2 Å². The Morgan fingerprint density at radius 1 is 1.19 bits per heavy atom. The van der Waals surface area contributed by atoms with Crippen molar-refractivity contribution >= 4 is 5.91 Å². The first-order chi connectivity index (χ1) is 14.9. The van der Waals surface area contributed by atoms with E-state index in [2.05, 4.69) is 10.2 Å². The van der Waals surface area contributed by atoms with Gasteiger partial charge in [-0.05, 0) is 25.5 Å². The third-order valence-electron chi connectivity index (χ3n) is 5.93. The summed E-state index contributed by atoms with van der Waals surface area (Å²) in [6, 6.07) is 1.56. The number of nitrogens with zero attached hydrogens (tertiary/aromatic N) is 5. The summed E-state index contributed by atoms with van der Waals surface area (Å²) >= 11 is 0. The molecule has 0 unspecified atom stereocenters. The molecule has 0 radical (unpaired) electrons. The number of amides is 1. The summed E-state index contributed by atoms with van der Waals surface area (Å²) in [6.45, 7) is 3.49. The summed E-state index contributed by atoms with van der Waals surface area (Å²) in [5, 5.41) is 8.77. The summed E-state index contributed by atoms with van der Waals surface area (Å²) < 4.78 is 49.9. The Morgan fingerprint density at radius 2 is 1.94 bits per heavy atom. The number of carbonyl (C=O) groups is 1. The first-order valence-electron chi connectivity index (χ1n) is 10.1. The molecule has 4 heterocycles. The Bertz CT molecular complexity index is 1180. The lowest BCUT2D eigenvalue weighted by atomic mass is 9.95. The average Bonchev–Trinajstić information content (AvgIpc) is 3.32. The highest BCUT2D eigenvalue weighted by Gasteiger charge is 2.35. The summed E-state index contributed by atoms with van der Waals surface area (Å²) in [6.07, 6.45) is 2.81. The quantitative estimate of drug-likeness (QED) is 0.585. The van der Waals surface area contributed by atoms with Crippen molar-refractivity contribution in [1.82, 2.24) is 24.5 Å². The predicted molar refractivity (Wildman–Crippen MR) is 104 cm³/mol. The lowest BCUT2D eigenvalue weighted by Crippen LogP contribution is -2.39. The Balaban J connectivity index is 1.50. The number of fused-ring (bicyclic) bond motifs is 2. The molecular formula is C21H20F3N5O2. The zero-order chi connectivity index (χ0) is 21.9. The van der Waals surface area contributed by atoms with E-state index >= 15 is 0 Å². The highest BCUT2D eigenvalue weighted by atomic mass is 19.2. The summed E-state index contributed by atoms with van der Waals surface area (Å²) in [7, 11) is 1.66. The van der Waals surface area contributed by atoms with Crippen LogP contribution in [-0.2, 0) is 20.0 Å². The monoisotopic (exact) mass is 431 g/mol. The van der Waals surface area contributed by atoms with Crippen molar-refractivity contribution in [3.05, 3.63) is 52.6 Å². The van der Waals surface area contributed by atoms with Gasteiger partial charge in [-0.2, -0.15) is 10.2 Å². The van der Waals surface area contributed by atoms with E-state index in [1.165, 1.54) is 10.9 Å². The maximum atomic E-state index is 13.8. The molecule has 0 fully saturated rings. The lowest BCUT2D eigenvalue weighted by molar-refractivity contribution is 0.0667. The first-order valence-corrected chi connectivity index (χ1v) is 10.1. The van der Waals surface area contributed by atoms with Gasteiger partial charge in [0.15, 0.2) is 17.5 Å². The highest BCUT2D eigenvalue weighted by Crippen LogP contribution is 2.37. The highest BCUT2D eigenvalue weighted by molar-refractivity contribution is 5.96. The molecule has 3 aromatic rings. The van der Waals surface area contributed by atoms with Gasteiger partial charge in [0.05, 0.1) is 30.2 Å². The van der Waals surface area contributed by atoms with Crippen LogP contribution in [0.15, 0.2) is 18.3 Å². The number of aromatic nitrogens is 4. The number of hydrogen-bond donors (Lipinski definition) is 0. The molecule has 0 saturated heterocycles. The van der Waals surface area contributed by atoms with Gasteiger partial charge in [0.1, 0.15) is 5.56 Å². The minimum atomic E-state index is -1.50. The number of carbonyl (C=O) groups excluding carboxylic acids is 1. The number of ether oxygens (including phenoxy) is 1. The second-order valence-corrected chi connectivity index (χ2v) is 7.80. The number of rotatable bonds is 2. The van der Waals surface area contributed by atoms with Crippen molar-refractivity contribution in [3.8, 4) is 17.1 Å². The van der Waals surface area contributed by atoms with Crippen LogP contribution in [0.2, 0.25) is 0 Å². The molecule has 7 nitrogen and oxygen atoms in total. The maximum absolute atomic E-state index is 13.8. The second-order valence-electron chi connectivity index (χ2n) is 7.80. The van der Waals surface area contributed by atoms with Crippen LogP contribution in [0.25, 0.3) is 11.3 Å². The van der Waals surface area contributed by atoms with Crippen LogP contribution < -0.4 is 4.74 Å². The fraction of sp³-hybridized carbons (Fsp3) is 0.381. The SMILES string of the molecule is C[C@H]1c2nn(C)c(-c3cc(F)c(F)c(F)c3)c2CCN1C(=O)c1cnn2c1OCCC2.